The molecular weight excluding hydrogens is 206 g/mol. The molecule has 1 unspecified atom stereocenters. The molecule has 1 aliphatic rings. The van der Waals surface area contributed by atoms with E-state index in [-0.39, 0.29) is 0 Å². The number of aromatic amines is 1. The number of ether oxygens (including phenoxy) is 1. The molecule has 0 bridgehead atoms. The predicted molar refractivity (Wildman–Crippen MR) is 58.2 cm³/mol. The zero-order valence-corrected chi connectivity index (χ0v) is 8.81. The zero-order chi connectivity index (χ0) is 10.8. The van der Waals surface area contributed by atoms with Crippen LogP contribution in [0.5, 0.6) is 5.88 Å². The van der Waals surface area contributed by atoms with Crippen LogP contribution in [-0.2, 0) is 0 Å². The summed E-state index contributed by atoms with van der Waals surface area (Å²) in [6.45, 7) is 2.80. The summed E-state index contributed by atoms with van der Waals surface area (Å²) >= 11 is 0. The molecule has 1 aliphatic heterocycles. The Bertz CT molecular complexity index is 477. The molecule has 1 fully saturated rings. The molecule has 0 saturated carbocycles. The van der Waals surface area contributed by atoms with Gasteiger partial charge in [0.15, 0.2) is 5.65 Å². The van der Waals surface area contributed by atoms with E-state index in [9.17, 15) is 0 Å². The summed E-state index contributed by atoms with van der Waals surface area (Å²) in [4.78, 5) is 15.2. The van der Waals surface area contributed by atoms with Crippen LogP contribution in [0.3, 0.4) is 0 Å². The Balaban J connectivity index is 1.75. The van der Waals surface area contributed by atoms with Gasteiger partial charge in [-0.2, -0.15) is 4.98 Å². The number of hydrogen-bond acceptors (Lipinski definition) is 5. The molecule has 0 amide bonds. The van der Waals surface area contributed by atoms with Crippen molar-refractivity contribution in [3.63, 3.8) is 0 Å². The van der Waals surface area contributed by atoms with E-state index in [4.69, 9.17) is 4.74 Å². The molecule has 16 heavy (non-hydrogen) atoms. The fourth-order valence-corrected chi connectivity index (χ4v) is 1.91. The van der Waals surface area contributed by atoms with Crippen molar-refractivity contribution in [3.05, 3.63) is 12.7 Å². The second-order valence-corrected chi connectivity index (χ2v) is 3.95. The van der Waals surface area contributed by atoms with Gasteiger partial charge in [0.1, 0.15) is 11.8 Å². The minimum Gasteiger partial charge on any atom is -0.476 e. The van der Waals surface area contributed by atoms with Crippen molar-refractivity contribution < 1.29 is 4.74 Å². The fourth-order valence-electron chi connectivity index (χ4n) is 1.91. The van der Waals surface area contributed by atoms with Crippen LogP contribution in [0.1, 0.15) is 6.42 Å². The minimum atomic E-state index is 0.577. The molecule has 1 atom stereocenters. The van der Waals surface area contributed by atoms with Crippen molar-refractivity contribution in [2.45, 2.75) is 6.42 Å². The lowest BCUT2D eigenvalue weighted by molar-refractivity contribution is 0.253. The van der Waals surface area contributed by atoms with E-state index in [1.807, 2.05) is 0 Å². The van der Waals surface area contributed by atoms with Crippen LogP contribution in [0, 0.1) is 5.92 Å². The maximum Gasteiger partial charge on any atom is 0.243 e. The summed E-state index contributed by atoms with van der Waals surface area (Å²) in [5, 5.41) is 3.31. The van der Waals surface area contributed by atoms with Crippen LogP contribution >= 0.6 is 0 Å². The van der Waals surface area contributed by atoms with E-state index in [1.165, 1.54) is 6.33 Å². The number of H-pyrrole nitrogens is 1. The molecular formula is C10H13N5O. The molecule has 3 rings (SSSR count). The second-order valence-electron chi connectivity index (χ2n) is 3.95. The van der Waals surface area contributed by atoms with Gasteiger partial charge < -0.3 is 15.0 Å². The highest BCUT2D eigenvalue weighted by Gasteiger charge is 2.16. The zero-order valence-electron chi connectivity index (χ0n) is 8.81. The molecule has 0 aromatic carbocycles. The molecule has 2 aromatic heterocycles. The maximum atomic E-state index is 5.70. The van der Waals surface area contributed by atoms with Crippen LogP contribution in [0.25, 0.3) is 11.2 Å². The van der Waals surface area contributed by atoms with E-state index in [0.717, 1.165) is 25.0 Å². The van der Waals surface area contributed by atoms with Crippen molar-refractivity contribution in [3.8, 4) is 5.88 Å². The number of imidazole rings is 1. The van der Waals surface area contributed by atoms with Gasteiger partial charge in [0.25, 0.3) is 0 Å². The summed E-state index contributed by atoms with van der Waals surface area (Å²) < 4.78 is 5.70. The van der Waals surface area contributed by atoms with Crippen molar-refractivity contribution in [1.82, 2.24) is 25.3 Å². The lowest BCUT2D eigenvalue weighted by Gasteiger charge is -2.09. The highest BCUT2D eigenvalue weighted by molar-refractivity contribution is 5.74. The van der Waals surface area contributed by atoms with Gasteiger partial charge in [-0.3, -0.25) is 0 Å². The molecule has 6 heteroatoms. The standard InChI is InChI=1S/C10H13N5O/c1-2-11-3-7(1)4-16-10-8-9(13-5-12-8)14-6-15-10/h5-7,11H,1-4H2,(H,12,13,14,15). The lowest BCUT2D eigenvalue weighted by Crippen LogP contribution is -2.16. The summed E-state index contributed by atoms with van der Waals surface area (Å²) in [5.41, 5.74) is 1.42. The molecule has 6 nitrogen and oxygen atoms in total. The third kappa shape index (κ3) is 1.71. The molecule has 0 spiro atoms. The number of fused-ring (bicyclic) bond motifs is 1. The normalized spacial score (nSPS) is 20.4. The summed E-state index contributed by atoms with van der Waals surface area (Å²) in [6, 6.07) is 0. The number of nitrogens with zero attached hydrogens (tertiary/aromatic N) is 3. The Kier molecular flexibility index (Phi) is 2.41. The largest absolute Gasteiger partial charge is 0.476 e. The van der Waals surface area contributed by atoms with E-state index in [0.29, 0.717) is 24.1 Å². The van der Waals surface area contributed by atoms with Crippen molar-refractivity contribution in [2.24, 2.45) is 5.92 Å². The van der Waals surface area contributed by atoms with Gasteiger partial charge in [-0.15, -0.1) is 0 Å². The van der Waals surface area contributed by atoms with Gasteiger partial charge in [0.05, 0.1) is 12.9 Å². The Morgan fingerprint density at radius 1 is 1.38 bits per heavy atom. The SMILES string of the molecule is c1nc(OCC2CCNC2)c2[nH]cnc2n1. The topological polar surface area (TPSA) is 75.7 Å². The highest BCUT2D eigenvalue weighted by Crippen LogP contribution is 2.18. The molecule has 0 radical (unpaired) electrons. The number of aromatic nitrogens is 4. The molecule has 3 heterocycles. The molecule has 1 saturated heterocycles. The predicted octanol–water partition coefficient (Wildman–Crippen LogP) is 0.341. The number of hydrogen-bond donors (Lipinski definition) is 2. The summed E-state index contributed by atoms with van der Waals surface area (Å²) in [7, 11) is 0. The van der Waals surface area contributed by atoms with E-state index in [2.05, 4.69) is 25.3 Å². The molecule has 84 valence electrons. The first kappa shape index (κ1) is 9.53. The first-order valence-electron chi connectivity index (χ1n) is 5.41. The lowest BCUT2D eigenvalue weighted by atomic mass is 10.1. The van der Waals surface area contributed by atoms with Crippen LogP contribution < -0.4 is 10.1 Å². The first-order valence-corrected chi connectivity index (χ1v) is 5.41. The van der Waals surface area contributed by atoms with Crippen molar-refractivity contribution in [1.29, 1.82) is 0 Å². The van der Waals surface area contributed by atoms with Crippen molar-refractivity contribution >= 4 is 11.2 Å². The maximum absolute atomic E-state index is 5.70. The van der Waals surface area contributed by atoms with Crippen LogP contribution in [-0.4, -0.2) is 39.6 Å². The minimum absolute atomic E-state index is 0.577. The van der Waals surface area contributed by atoms with Gasteiger partial charge in [-0.1, -0.05) is 0 Å². The summed E-state index contributed by atoms with van der Waals surface area (Å²) in [5.74, 6) is 1.17. The fraction of sp³-hybridized carbons (Fsp3) is 0.500. The second kappa shape index (κ2) is 4.05. The van der Waals surface area contributed by atoms with Crippen LogP contribution in [0.15, 0.2) is 12.7 Å². The van der Waals surface area contributed by atoms with Gasteiger partial charge >= 0.3 is 0 Å². The Hall–Kier alpha value is -1.69. The van der Waals surface area contributed by atoms with E-state index < -0.39 is 0 Å². The van der Waals surface area contributed by atoms with Gasteiger partial charge in [0.2, 0.25) is 5.88 Å². The van der Waals surface area contributed by atoms with E-state index in [1.54, 1.807) is 6.33 Å². The first-order chi connectivity index (χ1) is 7.93. The molecule has 2 N–H and O–H groups in total. The number of rotatable bonds is 3. The number of nitrogens with one attached hydrogen (secondary N) is 2. The van der Waals surface area contributed by atoms with Crippen LogP contribution in [0.2, 0.25) is 0 Å². The Morgan fingerprint density at radius 2 is 2.38 bits per heavy atom. The quantitative estimate of drug-likeness (QED) is 0.778. The van der Waals surface area contributed by atoms with Crippen LogP contribution in [0.4, 0.5) is 0 Å². The van der Waals surface area contributed by atoms with E-state index >= 15 is 0 Å². The van der Waals surface area contributed by atoms with Gasteiger partial charge in [-0.05, 0) is 13.0 Å². The third-order valence-electron chi connectivity index (χ3n) is 2.81. The van der Waals surface area contributed by atoms with Gasteiger partial charge in [0, 0.05) is 12.5 Å². The Labute approximate surface area is 92.5 Å². The highest BCUT2D eigenvalue weighted by atomic mass is 16.5. The Morgan fingerprint density at radius 3 is 3.25 bits per heavy atom. The average molecular weight is 219 g/mol. The third-order valence-corrected chi connectivity index (χ3v) is 2.81. The smallest absolute Gasteiger partial charge is 0.243 e. The average Bonchev–Trinajstić information content (AvgIpc) is 2.97. The van der Waals surface area contributed by atoms with Gasteiger partial charge in [-0.25, -0.2) is 9.97 Å². The molecule has 0 aliphatic carbocycles. The van der Waals surface area contributed by atoms with Crippen molar-refractivity contribution in [2.75, 3.05) is 19.7 Å². The molecule has 2 aromatic rings. The monoisotopic (exact) mass is 219 g/mol. The summed E-state index contributed by atoms with van der Waals surface area (Å²) in [6.07, 6.45) is 4.24.